The molecular formula is C47H83O16P. The lowest BCUT2D eigenvalue weighted by atomic mass is 9.85. The summed E-state index contributed by atoms with van der Waals surface area (Å²) < 4.78 is 33.7. The lowest BCUT2D eigenvalue weighted by molar-refractivity contribution is -0.336. The maximum atomic E-state index is 12.9. The molecule has 3 aliphatic rings. The molecule has 0 aromatic heterocycles. The SMILES string of the molecule is CCCCCCCCCCCCCCCCCC(=O)OCC(COP(=O)(O)OC1C(O)C(O)C(O)C(O)C1O)OC(=O)CCC/C=C\CC1C2CC(OO2)C1/C=C/C(O)CCCCC. The lowest BCUT2D eigenvalue weighted by Gasteiger charge is -2.41. The molecule has 2 saturated carbocycles. The van der Waals surface area contributed by atoms with E-state index in [0.717, 1.165) is 57.8 Å². The molecule has 16 nitrogen and oxygen atoms in total. The van der Waals surface area contributed by atoms with Gasteiger partial charge in [-0.1, -0.05) is 147 Å². The van der Waals surface area contributed by atoms with Crippen LogP contribution in [0, 0.1) is 11.8 Å². The maximum absolute atomic E-state index is 12.9. The number of fused-ring (bicyclic) bond motifs is 2. The average molecular weight is 935 g/mol. The van der Waals surface area contributed by atoms with Gasteiger partial charge in [0, 0.05) is 31.1 Å². The molecule has 1 saturated heterocycles. The smallest absolute Gasteiger partial charge is 0.462 e. The predicted molar refractivity (Wildman–Crippen MR) is 239 cm³/mol. The second-order valence-electron chi connectivity index (χ2n) is 18.1. The summed E-state index contributed by atoms with van der Waals surface area (Å²) in [6.45, 7) is 3.10. The normalized spacial score (nSPS) is 28.8. The molecule has 0 aromatic carbocycles. The Kier molecular flexibility index (Phi) is 28.3. The second kappa shape index (κ2) is 32.0. The fourth-order valence-electron chi connectivity index (χ4n) is 8.65. The van der Waals surface area contributed by atoms with Crippen molar-refractivity contribution in [3.05, 3.63) is 24.3 Å². The fraction of sp³-hybridized carbons (Fsp3) is 0.872. The van der Waals surface area contributed by atoms with Gasteiger partial charge in [-0.25, -0.2) is 14.3 Å². The molecule has 17 heteroatoms. The van der Waals surface area contributed by atoms with Gasteiger partial charge in [0.1, 0.15) is 49.3 Å². The van der Waals surface area contributed by atoms with Crippen molar-refractivity contribution in [3.63, 3.8) is 0 Å². The molecule has 11 atom stereocenters. The summed E-state index contributed by atoms with van der Waals surface area (Å²) >= 11 is 0. The van der Waals surface area contributed by atoms with E-state index in [-0.39, 0.29) is 36.9 Å². The topological polar surface area (TPSA) is 248 Å². The van der Waals surface area contributed by atoms with Crippen molar-refractivity contribution < 1.29 is 78.0 Å². The summed E-state index contributed by atoms with van der Waals surface area (Å²) in [6.07, 6.45) is 18.2. The zero-order chi connectivity index (χ0) is 46.7. The van der Waals surface area contributed by atoms with Crippen molar-refractivity contribution in [1.82, 2.24) is 0 Å². The largest absolute Gasteiger partial charge is 0.472 e. The molecule has 64 heavy (non-hydrogen) atoms. The van der Waals surface area contributed by atoms with E-state index in [1.165, 1.54) is 70.6 Å². The Morgan fingerprint density at radius 3 is 1.81 bits per heavy atom. The van der Waals surface area contributed by atoms with Crippen LogP contribution >= 0.6 is 7.82 Å². The van der Waals surface area contributed by atoms with Gasteiger partial charge in [-0.15, -0.1) is 0 Å². The molecule has 0 aromatic rings. The Labute approximate surface area is 381 Å². The van der Waals surface area contributed by atoms with Crippen LogP contribution in [0.4, 0.5) is 0 Å². The molecule has 372 valence electrons. The number of aliphatic hydroxyl groups excluding tert-OH is 6. The first-order chi connectivity index (χ1) is 30.8. The molecule has 3 rings (SSSR count). The minimum Gasteiger partial charge on any atom is -0.462 e. The maximum Gasteiger partial charge on any atom is 0.472 e. The van der Waals surface area contributed by atoms with Crippen LogP contribution in [0.1, 0.15) is 174 Å². The van der Waals surface area contributed by atoms with Crippen LogP contribution in [0.15, 0.2) is 24.3 Å². The van der Waals surface area contributed by atoms with Crippen LogP contribution in [0.3, 0.4) is 0 Å². The summed E-state index contributed by atoms with van der Waals surface area (Å²) in [4.78, 5) is 47.0. The third kappa shape index (κ3) is 21.4. The van der Waals surface area contributed by atoms with E-state index in [1.807, 2.05) is 18.2 Å². The van der Waals surface area contributed by atoms with Gasteiger partial charge in [-0.2, -0.15) is 0 Å². The van der Waals surface area contributed by atoms with Crippen molar-refractivity contribution in [3.8, 4) is 0 Å². The van der Waals surface area contributed by atoms with Crippen molar-refractivity contribution in [2.24, 2.45) is 11.8 Å². The van der Waals surface area contributed by atoms with Crippen molar-refractivity contribution in [2.75, 3.05) is 13.2 Å². The van der Waals surface area contributed by atoms with Gasteiger partial charge in [0.15, 0.2) is 6.10 Å². The lowest BCUT2D eigenvalue weighted by Crippen LogP contribution is -2.64. The highest BCUT2D eigenvalue weighted by Gasteiger charge is 2.52. The first-order valence-corrected chi connectivity index (χ1v) is 26.0. The summed E-state index contributed by atoms with van der Waals surface area (Å²) in [5.41, 5.74) is 0. The van der Waals surface area contributed by atoms with Crippen molar-refractivity contribution in [2.45, 2.75) is 235 Å². The predicted octanol–water partition coefficient (Wildman–Crippen LogP) is 6.97. The fourth-order valence-corrected chi connectivity index (χ4v) is 9.62. The number of unbranched alkanes of at least 4 members (excludes halogenated alkanes) is 17. The van der Waals surface area contributed by atoms with Gasteiger partial charge >= 0.3 is 19.8 Å². The number of allylic oxidation sites excluding steroid dienone is 2. The highest BCUT2D eigenvalue weighted by Crippen LogP contribution is 2.47. The van der Waals surface area contributed by atoms with Crippen LogP contribution in [-0.2, 0) is 42.5 Å². The number of rotatable bonds is 36. The van der Waals surface area contributed by atoms with E-state index in [9.17, 15) is 49.7 Å². The quantitative estimate of drug-likeness (QED) is 0.0110. The number of ether oxygens (including phenoxy) is 2. The summed E-state index contributed by atoms with van der Waals surface area (Å²) in [7, 11) is -5.17. The molecular weight excluding hydrogens is 851 g/mol. The van der Waals surface area contributed by atoms with Crippen LogP contribution in [-0.4, -0.2) is 122 Å². The molecule has 2 bridgehead atoms. The molecule has 11 unspecified atom stereocenters. The van der Waals surface area contributed by atoms with Crippen LogP contribution < -0.4 is 0 Å². The van der Waals surface area contributed by atoms with Crippen LogP contribution in [0.2, 0.25) is 0 Å². The van der Waals surface area contributed by atoms with Crippen LogP contribution in [0.25, 0.3) is 0 Å². The van der Waals surface area contributed by atoms with E-state index in [1.54, 1.807) is 0 Å². The Bertz CT molecular complexity index is 1370. The second-order valence-corrected chi connectivity index (χ2v) is 19.5. The number of phosphoric acid groups is 1. The van der Waals surface area contributed by atoms with Gasteiger partial charge < -0.3 is 45.0 Å². The monoisotopic (exact) mass is 935 g/mol. The number of aliphatic hydroxyl groups is 6. The Morgan fingerprint density at radius 1 is 0.672 bits per heavy atom. The third-order valence-electron chi connectivity index (χ3n) is 12.6. The highest BCUT2D eigenvalue weighted by atomic mass is 31.2. The molecule has 0 spiro atoms. The Balaban J connectivity index is 1.42. The molecule has 7 N–H and O–H groups in total. The number of carbonyl (C=O) groups excluding carboxylic acids is 2. The summed E-state index contributed by atoms with van der Waals surface area (Å²) in [6, 6.07) is 0. The number of phosphoric ester groups is 1. The number of hydrogen-bond donors (Lipinski definition) is 7. The van der Waals surface area contributed by atoms with Gasteiger partial charge in [-0.3, -0.25) is 18.6 Å². The highest BCUT2D eigenvalue weighted by molar-refractivity contribution is 7.47. The summed E-state index contributed by atoms with van der Waals surface area (Å²) in [5.74, 6) is -0.888. The standard InChI is InChI=1S/C47H83O16P/c1-3-5-7-8-9-10-11-12-13-14-15-16-17-18-23-27-40(49)58-32-35(33-59-64(56,57)63-47-45(54)43(52)42(51)44(53)46(47)55)60-41(50)28-24-20-19-22-26-36-37(39-31-38(36)61-62-39)30-29-34(48)25-21-6-4-2/h19,22,29-30,34-39,42-48,51-55H,3-18,20-21,23-28,31-33H2,1-2H3,(H,56,57)/b22-19-,30-29+. The van der Waals surface area contributed by atoms with Gasteiger partial charge in [0.25, 0.3) is 0 Å². The zero-order valence-corrected chi connectivity index (χ0v) is 39.5. The van der Waals surface area contributed by atoms with E-state index in [2.05, 4.69) is 19.9 Å². The number of hydrogen-bond acceptors (Lipinski definition) is 15. The Morgan fingerprint density at radius 2 is 1.20 bits per heavy atom. The minimum absolute atomic E-state index is 0.0217. The number of esters is 2. The van der Waals surface area contributed by atoms with Crippen LogP contribution in [0.5, 0.6) is 0 Å². The van der Waals surface area contributed by atoms with E-state index < -0.39 is 81.8 Å². The molecule has 2 aliphatic carbocycles. The first kappa shape index (κ1) is 56.5. The summed E-state index contributed by atoms with van der Waals surface area (Å²) in [5, 5.41) is 60.7. The zero-order valence-electron chi connectivity index (χ0n) is 38.6. The van der Waals surface area contributed by atoms with Crippen molar-refractivity contribution in [1.29, 1.82) is 0 Å². The molecule has 0 radical (unpaired) electrons. The molecule has 1 heterocycles. The van der Waals surface area contributed by atoms with Crippen molar-refractivity contribution >= 4 is 19.8 Å². The van der Waals surface area contributed by atoms with Gasteiger partial charge in [0.2, 0.25) is 0 Å². The first-order valence-electron chi connectivity index (χ1n) is 24.5. The minimum atomic E-state index is -5.17. The van der Waals surface area contributed by atoms with Gasteiger partial charge in [-0.05, 0) is 32.1 Å². The average Bonchev–Trinajstić information content (AvgIpc) is 3.89. The number of carbonyl (C=O) groups is 2. The molecule has 1 aliphatic heterocycles. The van der Waals surface area contributed by atoms with E-state index in [0.29, 0.717) is 19.3 Å². The molecule has 3 fully saturated rings. The molecule has 0 amide bonds. The van der Waals surface area contributed by atoms with Gasteiger partial charge in [0.05, 0.1) is 18.8 Å². The van der Waals surface area contributed by atoms with E-state index >= 15 is 0 Å². The Hall–Kier alpha value is -1.79. The third-order valence-corrected chi connectivity index (χ3v) is 13.6. The van der Waals surface area contributed by atoms with E-state index in [4.69, 9.17) is 28.3 Å².